The summed E-state index contributed by atoms with van der Waals surface area (Å²) in [4.78, 5) is 14.3. The first-order chi connectivity index (χ1) is 17.8. The second kappa shape index (κ2) is 10.3. The van der Waals surface area contributed by atoms with Gasteiger partial charge in [0.25, 0.3) is 5.91 Å². The third-order valence-electron chi connectivity index (χ3n) is 5.53. The zero-order valence-electron chi connectivity index (χ0n) is 19.1. The van der Waals surface area contributed by atoms with E-state index in [-0.39, 0.29) is 17.2 Å². The SMILES string of the molecule is O=C1C(=Cc2ccc(-c3cccc(C(F)(F)F)c3)o2)C(CSc2ccc(Cl)cc2)=NN1c1ccccc1. The number of nitrogens with zero attached hydrogens (tertiary/aromatic N) is 2. The van der Waals surface area contributed by atoms with Crippen molar-refractivity contribution in [1.82, 2.24) is 0 Å². The van der Waals surface area contributed by atoms with Gasteiger partial charge in [-0.3, -0.25) is 4.79 Å². The number of carbonyl (C=O) groups is 1. The van der Waals surface area contributed by atoms with Crippen LogP contribution in [0.5, 0.6) is 0 Å². The van der Waals surface area contributed by atoms with Crippen molar-refractivity contribution >= 4 is 46.7 Å². The molecule has 2 heterocycles. The number of para-hydroxylation sites is 1. The summed E-state index contributed by atoms with van der Waals surface area (Å²) in [5, 5.41) is 6.53. The van der Waals surface area contributed by atoms with Crippen LogP contribution in [0.2, 0.25) is 5.02 Å². The number of halogens is 4. The molecule has 0 saturated heterocycles. The van der Waals surface area contributed by atoms with Gasteiger partial charge in [0.2, 0.25) is 0 Å². The van der Waals surface area contributed by atoms with Crippen molar-refractivity contribution < 1.29 is 22.4 Å². The number of amides is 1. The Morgan fingerprint density at radius 2 is 1.70 bits per heavy atom. The monoisotopic (exact) mass is 538 g/mol. The maximum absolute atomic E-state index is 13.4. The van der Waals surface area contributed by atoms with Crippen molar-refractivity contribution in [2.75, 3.05) is 10.8 Å². The number of anilines is 1. The van der Waals surface area contributed by atoms with Crippen LogP contribution in [0.15, 0.2) is 111 Å². The van der Waals surface area contributed by atoms with Crippen LogP contribution in [0.1, 0.15) is 11.3 Å². The fraction of sp³-hybridized carbons (Fsp3) is 0.0714. The van der Waals surface area contributed by atoms with Crippen molar-refractivity contribution in [3.8, 4) is 11.3 Å². The van der Waals surface area contributed by atoms with Gasteiger partial charge in [-0.05, 0) is 66.7 Å². The fourth-order valence-corrected chi connectivity index (χ4v) is 4.68. The summed E-state index contributed by atoms with van der Waals surface area (Å²) in [6.07, 6.45) is -2.89. The van der Waals surface area contributed by atoms with Crippen LogP contribution in [0, 0.1) is 0 Å². The minimum Gasteiger partial charge on any atom is -0.457 e. The number of benzene rings is 3. The van der Waals surface area contributed by atoms with E-state index in [0.717, 1.165) is 17.0 Å². The number of hydrogen-bond acceptors (Lipinski definition) is 4. The summed E-state index contributed by atoms with van der Waals surface area (Å²) in [6, 6.07) is 24.5. The predicted molar refractivity (Wildman–Crippen MR) is 141 cm³/mol. The average Bonchev–Trinajstić information content (AvgIpc) is 3.49. The second-order valence-corrected chi connectivity index (χ2v) is 9.57. The van der Waals surface area contributed by atoms with Crippen LogP contribution in [0.25, 0.3) is 17.4 Å². The molecule has 0 aliphatic carbocycles. The molecule has 4 aromatic rings. The smallest absolute Gasteiger partial charge is 0.416 e. The minimum atomic E-state index is -4.46. The zero-order chi connectivity index (χ0) is 26.0. The van der Waals surface area contributed by atoms with Gasteiger partial charge < -0.3 is 4.42 Å². The normalized spacial score (nSPS) is 14.9. The van der Waals surface area contributed by atoms with E-state index in [1.54, 1.807) is 48.5 Å². The van der Waals surface area contributed by atoms with Gasteiger partial charge in [0.1, 0.15) is 11.5 Å². The highest BCUT2D eigenvalue weighted by molar-refractivity contribution is 8.00. The quantitative estimate of drug-likeness (QED) is 0.184. The lowest BCUT2D eigenvalue weighted by Crippen LogP contribution is -2.21. The number of carbonyl (C=O) groups excluding carboxylic acids is 1. The van der Waals surface area contributed by atoms with E-state index in [0.29, 0.717) is 33.5 Å². The molecule has 0 spiro atoms. The number of hydrazone groups is 1. The predicted octanol–water partition coefficient (Wildman–Crippen LogP) is 8.20. The van der Waals surface area contributed by atoms with Crippen molar-refractivity contribution in [2.24, 2.45) is 5.10 Å². The Labute approximate surface area is 220 Å². The first-order valence-electron chi connectivity index (χ1n) is 11.1. The average molecular weight is 539 g/mol. The molecule has 1 aliphatic heterocycles. The molecule has 3 aromatic carbocycles. The summed E-state index contributed by atoms with van der Waals surface area (Å²) < 4.78 is 45.2. The van der Waals surface area contributed by atoms with Crippen molar-refractivity contribution in [3.63, 3.8) is 0 Å². The van der Waals surface area contributed by atoms with Crippen LogP contribution in [0.4, 0.5) is 18.9 Å². The van der Waals surface area contributed by atoms with Gasteiger partial charge in [0.05, 0.1) is 22.5 Å². The van der Waals surface area contributed by atoms with Gasteiger partial charge in [-0.2, -0.15) is 23.3 Å². The van der Waals surface area contributed by atoms with Gasteiger partial charge in [-0.15, -0.1) is 11.8 Å². The first-order valence-corrected chi connectivity index (χ1v) is 12.5. The maximum atomic E-state index is 13.4. The van der Waals surface area contributed by atoms with Gasteiger partial charge in [-0.25, -0.2) is 0 Å². The zero-order valence-corrected chi connectivity index (χ0v) is 20.6. The highest BCUT2D eigenvalue weighted by atomic mass is 35.5. The molecular formula is C28H18ClF3N2O2S. The highest BCUT2D eigenvalue weighted by Crippen LogP contribution is 2.34. The number of furan rings is 1. The molecule has 1 aliphatic rings. The molecule has 4 nitrogen and oxygen atoms in total. The molecule has 0 atom stereocenters. The van der Waals surface area contributed by atoms with Gasteiger partial charge >= 0.3 is 6.18 Å². The van der Waals surface area contributed by atoms with E-state index >= 15 is 0 Å². The first kappa shape index (κ1) is 24.9. The summed E-state index contributed by atoms with van der Waals surface area (Å²) in [7, 11) is 0. The molecule has 186 valence electrons. The molecule has 0 N–H and O–H groups in total. The number of thioether (sulfide) groups is 1. The van der Waals surface area contributed by atoms with E-state index in [1.807, 2.05) is 30.3 Å². The van der Waals surface area contributed by atoms with Gasteiger partial charge in [-0.1, -0.05) is 41.9 Å². The Kier molecular flexibility index (Phi) is 6.95. The Bertz CT molecular complexity index is 1500. The molecule has 0 fully saturated rings. The van der Waals surface area contributed by atoms with E-state index in [1.165, 1.54) is 22.8 Å². The van der Waals surface area contributed by atoms with Gasteiger partial charge in [0, 0.05) is 21.2 Å². The molecule has 0 radical (unpaired) electrons. The third kappa shape index (κ3) is 5.65. The van der Waals surface area contributed by atoms with Gasteiger partial charge in [0.15, 0.2) is 0 Å². The minimum absolute atomic E-state index is 0.261. The van der Waals surface area contributed by atoms with Crippen molar-refractivity contribution in [2.45, 2.75) is 11.1 Å². The summed E-state index contributed by atoms with van der Waals surface area (Å²) in [6.45, 7) is 0. The van der Waals surface area contributed by atoms with E-state index in [2.05, 4.69) is 5.10 Å². The van der Waals surface area contributed by atoms with E-state index in [4.69, 9.17) is 16.0 Å². The number of alkyl halides is 3. The topological polar surface area (TPSA) is 45.8 Å². The second-order valence-electron chi connectivity index (χ2n) is 8.08. The lowest BCUT2D eigenvalue weighted by molar-refractivity contribution is -0.137. The molecule has 5 rings (SSSR count). The molecule has 0 unspecified atom stereocenters. The van der Waals surface area contributed by atoms with Crippen LogP contribution >= 0.6 is 23.4 Å². The largest absolute Gasteiger partial charge is 0.457 e. The molecular weight excluding hydrogens is 521 g/mol. The van der Waals surface area contributed by atoms with E-state index in [9.17, 15) is 18.0 Å². The molecule has 9 heteroatoms. The Hall–Kier alpha value is -3.75. The van der Waals surface area contributed by atoms with Crippen LogP contribution in [-0.2, 0) is 11.0 Å². The Morgan fingerprint density at radius 3 is 2.43 bits per heavy atom. The van der Waals surface area contributed by atoms with Crippen molar-refractivity contribution in [1.29, 1.82) is 0 Å². The van der Waals surface area contributed by atoms with Crippen LogP contribution in [0.3, 0.4) is 0 Å². The summed E-state index contributed by atoms with van der Waals surface area (Å²) in [5.41, 5.74) is 1.03. The fourth-order valence-electron chi connectivity index (χ4n) is 3.71. The Morgan fingerprint density at radius 1 is 0.946 bits per heavy atom. The maximum Gasteiger partial charge on any atom is 0.416 e. The summed E-state index contributed by atoms with van der Waals surface area (Å²) >= 11 is 7.48. The van der Waals surface area contributed by atoms with E-state index < -0.39 is 11.7 Å². The third-order valence-corrected chi connectivity index (χ3v) is 6.81. The molecule has 0 saturated carbocycles. The highest BCUT2D eigenvalue weighted by Gasteiger charge is 2.32. The summed E-state index contributed by atoms with van der Waals surface area (Å²) in [5.74, 6) is 0.672. The number of rotatable bonds is 6. The van der Waals surface area contributed by atoms with Crippen LogP contribution < -0.4 is 5.01 Å². The standard InChI is InChI=1S/C28H18ClF3N2O2S/c29-20-9-12-23(13-10-20)37-17-25-24(27(35)34(33-25)21-7-2-1-3-8-21)16-22-11-14-26(36-22)18-5-4-6-19(15-18)28(30,31)32/h1-16H,17H2. The lowest BCUT2D eigenvalue weighted by Gasteiger charge is -2.10. The van der Waals surface area contributed by atoms with Crippen LogP contribution in [-0.4, -0.2) is 17.4 Å². The molecule has 0 bridgehead atoms. The number of hydrogen-bond donors (Lipinski definition) is 0. The molecule has 1 aromatic heterocycles. The molecule has 37 heavy (non-hydrogen) atoms. The Balaban J connectivity index is 1.45. The lowest BCUT2D eigenvalue weighted by atomic mass is 10.1. The molecule has 1 amide bonds. The van der Waals surface area contributed by atoms with Crippen molar-refractivity contribution in [3.05, 3.63) is 113 Å².